The molecule has 0 fully saturated rings. The average Bonchev–Trinajstić information content (AvgIpc) is 3.36. The van der Waals surface area contributed by atoms with Gasteiger partial charge in [-0.2, -0.15) is 0 Å². The van der Waals surface area contributed by atoms with Gasteiger partial charge in [0.25, 0.3) is 0 Å². The highest BCUT2D eigenvalue weighted by Gasteiger charge is 2.34. The molecule has 2 aromatic carbocycles. The Morgan fingerprint density at radius 2 is 1.89 bits per heavy atom. The largest absolute Gasteiger partial charge is 0.491 e. The summed E-state index contributed by atoms with van der Waals surface area (Å²) in [5.41, 5.74) is 4.05. The van der Waals surface area contributed by atoms with Crippen LogP contribution < -0.4 is 10.1 Å². The number of rotatable bonds is 8. The molecule has 2 atom stereocenters. The summed E-state index contributed by atoms with van der Waals surface area (Å²) in [5.74, 6) is 0.760. The van der Waals surface area contributed by atoms with Crippen molar-refractivity contribution in [3.05, 3.63) is 81.5 Å². The number of carbonyl (C=O) groups excluding carboxylic acids is 2. The molecular weight excluding hydrogens is 470 g/mol. The molecule has 190 valence electrons. The Balaban J connectivity index is 1.51. The van der Waals surface area contributed by atoms with Crippen LogP contribution >= 0.6 is 11.3 Å². The second-order valence-corrected chi connectivity index (χ2v) is 10.4. The van der Waals surface area contributed by atoms with Gasteiger partial charge in [0, 0.05) is 23.2 Å². The molecule has 7 heteroatoms. The Labute approximate surface area is 217 Å². The number of nitrogens with one attached hydrogen (secondary N) is 1. The van der Waals surface area contributed by atoms with Gasteiger partial charge in [-0.1, -0.05) is 42.8 Å². The van der Waals surface area contributed by atoms with Gasteiger partial charge in [-0.25, -0.2) is 4.79 Å². The van der Waals surface area contributed by atoms with Crippen LogP contribution in [0.4, 0.5) is 10.5 Å². The van der Waals surface area contributed by atoms with Crippen molar-refractivity contribution in [1.82, 2.24) is 9.80 Å². The van der Waals surface area contributed by atoms with E-state index >= 15 is 0 Å². The number of fused-ring (bicyclic) bond motifs is 1. The van der Waals surface area contributed by atoms with Crippen molar-refractivity contribution in [2.75, 3.05) is 25.0 Å². The van der Waals surface area contributed by atoms with E-state index in [4.69, 9.17) is 4.74 Å². The Hall–Kier alpha value is -3.32. The van der Waals surface area contributed by atoms with Crippen molar-refractivity contribution in [2.24, 2.45) is 0 Å². The molecule has 0 saturated carbocycles. The number of para-hydroxylation sites is 1. The van der Waals surface area contributed by atoms with Crippen molar-refractivity contribution >= 4 is 29.0 Å². The lowest BCUT2D eigenvalue weighted by Gasteiger charge is -2.38. The number of nitrogens with zero attached hydrogens (tertiary/aromatic N) is 2. The molecule has 1 aromatic heterocycles. The zero-order chi connectivity index (χ0) is 25.7. The minimum Gasteiger partial charge on any atom is -0.491 e. The molecule has 36 heavy (non-hydrogen) atoms. The minimum atomic E-state index is -0.262. The lowest BCUT2D eigenvalue weighted by Crippen LogP contribution is -2.50. The molecule has 6 nitrogen and oxygen atoms in total. The summed E-state index contributed by atoms with van der Waals surface area (Å²) in [6.07, 6.45) is 1.57. The number of amides is 3. The second kappa shape index (κ2) is 11.6. The summed E-state index contributed by atoms with van der Waals surface area (Å²) >= 11 is 1.73. The number of carbonyl (C=O) groups is 2. The molecule has 0 spiro atoms. The monoisotopic (exact) mass is 505 g/mol. The van der Waals surface area contributed by atoms with Gasteiger partial charge >= 0.3 is 6.03 Å². The van der Waals surface area contributed by atoms with E-state index in [9.17, 15) is 9.59 Å². The number of urea groups is 1. The van der Waals surface area contributed by atoms with Crippen LogP contribution in [0, 0.1) is 13.8 Å². The van der Waals surface area contributed by atoms with Crippen LogP contribution in [0.3, 0.4) is 0 Å². The summed E-state index contributed by atoms with van der Waals surface area (Å²) in [6.45, 7) is 9.04. The maximum Gasteiger partial charge on any atom is 0.322 e. The van der Waals surface area contributed by atoms with Crippen LogP contribution in [0.1, 0.15) is 47.9 Å². The number of hydrogen-bond acceptors (Lipinski definition) is 4. The van der Waals surface area contributed by atoms with Crippen molar-refractivity contribution < 1.29 is 14.3 Å². The van der Waals surface area contributed by atoms with Crippen molar-refractivity contribution in [2.45, 2.75) is 52.6 Å². The highest BCUT2D eigenvalue weighted by atomic mass is 32.1. The lowest BCUT2D eigenvalue weighted by molar-refractivity contribution is -0.135. The standard InChI is InChI=1S/C29H35N3O3S/c1-5-22(4)32(29(34)30-23-12-10-20(2)11-13-23)18-28(33)31-16-14-27-24(15-17-36-27)25(31)19-35-26-9-7-6-8-21(26)3/h6-13,15,17,22,25H,5,14,16,18-19H2,1-4H3,(H,30,34). The Bertz CT molecular complexity index is 1190. The van der Waals surface area contributed by atoms with Crippen LogP contribution in [-0.4, -0.2) is 47.5 Å². The number of benzene rings is 2. The number of anilines is 1. The number of thiophene rings is 1. The molecule has 2 heterocycles. The van der Waals surface area contributed by atoms with Crippen LogP contribution in [0.25, 0.3) is 0 Å². The zero-order valence-corrected chi connectivity index (χ0v) is 22.3. The molecule has 1 aliphatic heterocycles. The van der Waals surface area contributed by atoms with Crippen LogP contribution in [-0.2, 0) is 11.2 Å². The predicted molar refractivity (Wildman–Crippen MR) is 146 cm³/mol. The summed E-state index contributed by atoms with van der Waals surface area (Å²) in [7, 11) is 0. The molecule has 2 unspecified atom stereocenters. The first-order chi connectivity index (χ1) is 17.4. The molecule has 0 radical (unpaired) electrons. The number of hydrogen-bond donors (Lipinski definition) is 1. The molecule has 4 rings (SSSR count). The Kier molecular flexibility index (Phi) is 8.31. The fraction of sp³-hybridized carbons (Fsp3) is 0.379. The van der Waals surface area contributed by atoms with Gasteiger partial charge in [-0.3, -0.25) is 4.79 Å². The Morgan fingerprint density at radius 1 is 1.14 bits per heavy atom. The van der Waals surface area contributed by atoms with E-state index in [-0.39, 0.29) is 30.6 Å². The number of aryl methyl sites for hydroxylation is 2. The minimum absolute atomic E-state index is 0.0209. The molecule has 1 N–H and O–H groups in total. The average molecular weight is 506 g/mol. The van der Waals surface area contributed by atoms with Gasteiger partial charge in [0.05, 0.1) is 6.04 Å². The van der Waals surface area contributed by atoms with Gasteiger partial charge in [-0.15, -0.1) is 11.3 Å². The second-order valence-electron chi connectivity index (χ2n) is 9.41. The van der Waals surface area contributed by atoms with Gasteiger partial charge in [0.15, 0.2) is 0 Å². The molecule has 0 saturated heterocycles. The van der Waals surface area contributed by atoms with E-state index in [0.717, 1.165) is 41.0 Å². The molecule has 3 aromatic rings. The highest BCUT2D eigenvalue weighted by Crippen LogP contribution is 2.34. The summed E-state index contributed by atoms with van der Waals surface area (Å²) in [6, 6.07) is 17.2. The Morgan fingerprint density at radius 3 is 2.61 bits per heavy atom. The maximum absolute atomic E-state index is 13.7. The zero-order valence-electron chi connectivity index (χ0n) is 21.5. The van der Waals surface area contributed by atoms with E-state index < -0.39 is 0 Å². The van der Waals surface area contributed by atoms with E-state index in [0.29, 0.717) is 13.2 Å². The summed E-state index contributed by atoms with van der Waals surface area (Å²) in [5, 5.41) is 5.04. The van der Waals surface area contributed by atoms with Crippen molar-refractivity contribution in [1.29, 1.82) is 0 Å². The van der Waals surface area contributed by atoms with Gasteiger partial charge in [0.1, 0.15) is 18.9 Å². The summed E-state index contributed by atoms with van der Waals surface area (Å²) in [4.78, 5) is 31.8. The lowest BCUT2D eigenvalue weighted by atomic mass is 10.00. The van der Waals surface area contributed by atoms with Gasteiger partial charge in [0.2, 0.25) is 5.91 Å². The number of ether oxygens (including phenoxy) is 1. The topological polar surface area (TPSA) is 61.9 Å². The van der Waals surface area contributed by atoms with E-state index in [1.807, 2.05) is 81.1 Å². The molecule has 3 amide bonds. The molecular formula is C29H35N3O3S. The quantitative estimate of drug-likeness (QED) is 0.396. The third-order valence-corrected chi connectivity index (χ3v) is 7.89. The first-order valence-corrected chi connectivity index (χ1v) is 13.4. The van der Waals surface area contributed by atoms with Crippen LogP contribution in [0.15, 0.2) is 60.0 Å². The van der Waals surface area contributed by atoms with E-state index in [1.54, 1.807) is 16.2 Å². The SMILES string of the molecule is CCC(C)N(CC(=O)N1CCc2sccc2C1COc1ccccc1C)C(=O)Nc1ccc(C)cc1. The van der Waals surface area contributed by atoms with Gasteiger partial charge in [-0.05, 0) is 74.4 Å². The fourth-order valence-corrected chi connectivity index (χ4v) is 5.41. The molecule has 0 bridgehead atoms. The normalized spacial score (nSPS) is 15.7. The summed E-state index contributed by atoms with van der Waals surface area (Å²) < 4.78 is 6.21. The highest BCUT2D eigenvalue weighted by molar-refractivity contribution is 7.10. The predicted octanol–water partition coefficient (Wildman–Crippen LogP) is 6.20. The van der Waals surface area contributed by atoms with Crippen molar-refractivity contribution in [3.63, 3.8) is 0 Å². The molecule has 0 aliphatic carbocycles. The third-order valence-electron chi connectivity index (χ3n) is 6.90. The van der Waals surface area contributed by atoms with Crippen LogP contribution in [0.2, 0.25) is 0 Å². The third kappa shape index (κ3) is 5.90. The van der Waals surface area contributed by atoms with Gasteiger partial charge < -0.3 is 19.9 Å². The van der Waals surface area contributed by atoms with Crippen molar-refractivity contribution in [3.8, 4) is 5.75 Å². The van der Waals surface area contributed by atoms with Crippen LogP contribution in [0.5, 0.6) is 5.75 Å². The first-order valence-electron chi connectivity index (χ1n) is 12.6. The van der Waals surface area contributed by atoms with E-state index in [1.165, 1.54) is 4.88 Å². The van der Waals surface area contributed by atoms with E-state index in [2.05, 4.69) is 16.8 Å². The smallest absolute Gasteiger partial charge is 0.322 e. The fourth-order valence-electron chi connectivity index (χ4n) is 4.48. The molecule has 1 aliphatic rings. The first kappa shape index (κ1) is 25.8. The maximum atomic E-state index is 13.7.